The predicted molar refractivity (Wildman–Crippen MR) is 102 cm³/mol. The average molecular weight is 374 g/mol. The number of anilines is 1. The monoisotopic (exact) mass is 373 g/mol. The van der Waals surface area contributed by atoms with Crippen molar-refractivity contribution in [2.45, 2.75) is 31.8 Å². The van der Waals surface area contributed by atoms with E-state index in [9.17, 15) is 4.79 Å². The largest absolute Gasteiger partial charge is 0.309 e. The molecule has 0 saturated carbocycles. The van der Waals surface area contributed by atoms with E-state index in [2.05, 4.69) is 25.5 Å². The van der Waals surface area contributed by atoms with Crippen LogP contribution in [0.25, 0.3) is 10.6 Å². The van der Waals surface area contributed by atoms with Gasteiger partial charge in [-0.1, -0.05) is 17.8 Å². The van der Waals surface area contributed by atoms with Crippen LogP contribution in [0, 0.1) is 13.8 Å². The molecule has 1 amide bonds. The van der Waals surface area contributed by atoms with Crippen molar-refractivity contribution in [2.24, 2.45) is 0 Å². The molecular formula is C17H19N5OS2. The van der Waals surface area contributed by atoms with Crippen molar-refractivity contribution in [1.82, 2.24) is 20.2 Å². The number of H-pyrrole nitrogens is 1. The van der Waals surface area contributed by atoms with Gasteiger partial charge >= 0.3 is 0 Å². The molecule has 3 heterocycles. The lowest BCUT2D eigenvalue weighted by Gasteiger charge is -2.09. The summed E-state index contributed by atoms with van der Waals surface area (Å²) in [7, 11) is 0. The first-order chi connectivity index (χ1) is 12.1. The Balaban J connectivity index is 1.60. The molecule has 0 saturated heterocycles. The van der Waals surface area contributed by atoms with Gasteiger partial charge in [-0.2, -0.15) is 5.10 Å². The number of nitrogens with one attached hydrogen (secondary N) is 2. The number of aromatic amines is 1. The number of aryl methyl sites for hydroxylation is 2. The Bertz CT molecular complexity index is 850. The Labute approximate surface area is 154 Å². The molecular weight excluding hydrogens is 354 g/mol. The Kier molecular flexibility index (Phi) is 5.50. The minimum Gasteiger partial charge on any atom is -0.309 e. The molecule has 0 bridgehead atoms. The Morgan fingerprint density at radius 2 is 2.08 bits per heavy atom. The molecule has 0 atom stereocenters. The highest BCUT2D eigenvalue weighted by Crippen LogP contribution is 2.24. The topological polar surface area (TPSA) is 83.6 Å². The van der Waals surface area contributed by atoms with E-state index in [0.717, 1.165) is 32.7 Å². The SMILES string of the molecule is CSc1nc(C)c(CCC(=O)Nc2cc(-c3cccs3)[nH]n2)c(C)n1. The van der Waals surface area contributed by atoms with Gasteiger partial charge in [0.25, 0.3) is 0 Å². The second kappa shape index (κ2) is 7.79. The van der Waals surface area contributed by atoms with Crippen LogP contribution in [-0.4, -0.2) is 32.3 Å². The smallest absolute Gasteiger partial charge is 0.225 e. The number of hydrogen-bond acceptors (Lipinski definition) is 6. The first-order valence-corrected chi connectivity index (χ1v) is 9.94. The number of thioether (sulfide) groups is 1. The zero-order chi connectivity index (χ0) is 17.8. The normalized spacial score (nSPS) is 10.8. The number of nitrogens with zero attached hydrogens (tertiary/aromatic N) is 3. The van der Waals surface area contributed by atoms with Gasteiger partial charge in [0.1, 0.15) is 0 Å². The minimum absolute atomic E-state index is 0.0722. The lowest BCUT2D eigenvalue weighted by atomic mass is 10.1. The fraction of sp³-hybridized carbons (Fsp3) is 0.294. The third kappa shape index (κ3) is 4.26. The number of amides is 1. The van der Waals surface area contributed by atoms with Crippen molar-refractivity contribution in [3.63, 3.8) is 0 Å². The number of hydrogen-bond donors (Lipinski definition) is 2. The average Bonchev–Trinajstić information content (AvgIpc) is 3.25. The van der Waals surface area contributed by atoms with Gasteiger partial charge in [0.15, 0.2) is 11.0 Å². The second-order valence-electron chi connectivity index (χ2n) is 5.55. The molecule has 25 heavy (non-hydrogen) atoms. The fourth-order valence-electron chi connectivity index (χ4n) is 2.55. The van der Waals surface area contributed by atoms with E-state index >= 15 is 0 Å². The van der Waals surface area contributed by atoms with Crippen molar-refractivity contribution in [2.75, 3.05) is 11.6 Å². The molecule has 0 aliphatic rings. The summed E-state index contributed by atoms with van der Waals surface area (Å²) in [5.74, 6) is 0.466. The standard InChI is InChI=1S/C17H19N5OS2/c1-10-12(11(2)19-17(18-10)24-3)6-7-16(23)20-15-9-13(21-22-15)14-5-4-8-25-14/h4-5,8-9H,6-7H2,1-3H3,(H2,20,21,22,23). The maximum Gasteiger partial charge on any atom is 0.225 e. The van der Waals surface area contributed by atoms with Crippen LogP contribution < -0.4 is 5.32 Å². The van der Waals surface area contributed by atoms with E-state index in [1.807, 2.05) is 43.7 Å². The number of carbonyl (C=O) groups excluding carboxylic acids is 1. The van der Waals surface area contributed by atoms with Gasteiger partial charge in [-0.15, -0.1) is 11.3 Å². The second-order valence-corrected chi connectivity index (χ2v) is 7.27. The molecule has 0 radical (unpaired) electrons. The van der Waals surface area contributed by atoms with Gasteiger partial charge in [0, 0.05) is 23.9 Å². The van der Waals surface area contributed by atoms with Gasteiger partial charge in [0.2, 0.25) is 5.91 Å². The lowest BCUT2D eigenvalue weighted by Crippen LogP contribution is -2.14. The minimum atomic E-state index is -0.0722. The van der Waals surface area contributed by atoms with Crippen LogP contribution in [-0.2, 0) is 11.2 Å². The zero-order valence-electron chi connectivity index (χ0n) is 14.3. The predicted octanol–water partition coefficient (Wildman–Crippen LogP) is 3.84. The zero-order valence-corrected chi connectivity index (χ0v) is 15.9. The third-order valence-electron chi connectivity index (χ3n) is 3.82. The molecule has 0 aliphatic carbocycles. The van der Waals surface area contributed by atoms with Crippen LogP contribution in [0.1, 0.15) is 23.4 Å². The summed E-state index contributed by atoms with van der Waals surface area (Å²) in [6.45, 7) is 3.92. The highest BCUT2D eigenvalue weighted by Gasteiger charge is 2.12. The maximum atomic E-state index is 12.2. The van der Waals surface area contributed by atoms with Gasteiger partial charge in [-0.25, -0.2) is 9.97 Å². The summed E-state index contributed by atoms with van der Waals surface area (Å²) in [5, 5.41) is 12.7. The van der Waals surface area contributed by atoms with Crippen LogP contribution in [0.3, 0.4) is 0 Å². The van der Waals surface area contributed by atoms with Gasteiger partial charge in [-0.3, -0.25) is 9.89 Å². The molecule has 0 aromatic carbocycles. The van der Waals surface area contributed by atoms with Crippen molar-refractivity contribution in [1.29, 1.82) is 0 Å². The molecule has 6 nitrogen and oxygen atoms in total. The maximum absolute atomic E-state index is 12.2. The van der Waals surface area contributed by atoms with Crippen LogP contribution in [0.2, 0.25) is 0 Å². The number of rotatable bonds is 6. The number of aromatic nitrogens is 4. The summed E-state index contributed by atoms with van der Waals surface area (Å²) < 4.78 is 0. The third-order valence-corrected chi connectivity index (χ3v) is 5.27. The summed E-state index contributed by atoms with van der Waals surface area (Å²) in [6, 6.07) is 5.83. The first kappa shape index (κ1) is 17.6. The molecule has 3 rings (SSSR count). The Hall–Kier alpha value is -2.19. The van der Waals surface area contributed by atoms with Crippen LogP contribution in [0.5, 0.6) is 0 Å². The van der Waals surface area contributed by atoms with E-state index in [1.54, 1.807) is 11.3 Å². The first-order valence-electron chi connectivity index (χ1n) is 7.84. The Morgan fingerprint density at radius 1 is 1.32 bits per heavy atom. The van der Waals surface area contributed by atoms with Crippen molar-refractivity contribution < 1.29 is 4.79 Å². The Morgan fingerprint density at radius 3 is 2.72 bits per heavy atom. The molecule has 130 valence electrons. The van der Waals surface area contributed by atoms with Crippen LogP contribution in [0.15, 0.2) is 28.7 Å². The van der Waals surface area contributed by atoms with E-state index in [1.165, 1.54) is 11.8 Å². The van der Waals surface area contributed by atoms with Crippen LogP contribution in [0.4, 0.5) is 5.82 Å². The van der Waals surface area contributed by atoms with E-state index in [-0.39, 0.29) is 5.91 Å². The van der Waals surface area contributed by atoms with Gasteiger partial charge in [-0.05, 0) is 43.5 Å². The summed E-state index contributed by atoms with van der Waals surface area (Å²) in [6.07, 6.45) is 2.93. The summed E-state index contributed by atoms with van der Waals surface area (Å²) >= 11 is 3.14. The highest BCUT2D eigenvalue weighted by molar-refractivity contribution is 7.98. The lowest BCUT2D eigenvalue weighted by molar-refractivity contribution is -0.116. The molecule has 0 aliphatic heterocycles. The molecule has 3 aromatic rings. The van der Waals surface area contributed by atoms with Crippen molar-refractivity contribution in [3.05, 3.63) is 40.5 Å². The summed E-state index contributed by atoms with van der Waals surface area (Å²) in [5.41, 5.74) is 3.81. The molecule has 0 fully saturated rings. The molecule has 8 heteroatoms. The number of carbonyl (C=O) groups is 1. The van der Waals surface area contributed by atoms with E-state index in [0.29, 0.717) is 18.7 Å². The quantitative estimate of drug-likeness (QED) is 0.507. The molecule has 0 unspecified atom stereocenters. The molecule has 2 N–H and O–H groups in total. The van der Waals surface area contributed by atoms with E-state index in [4.69, 9.17) is 0 Å². The van der Waals surface area contributed by atoms with Gasteiger partial charge < -0.3 is 5.32 Å². The fourth-order valence-corrected chi connectivity index (χ4v) is 3.70. The summed E-state index contributed by atoms with van der Waals surface area (Å²) in [4.78, 5) is 22.2. The van der Waals surface area contributed by atoms with Crippen molar-refractivity contribution in [3.8, 4) is 10.6 Å². The van der Waals surface area contributed by atoms with Crippen molar-refractivity contribution >= 4 is 34.8 Å². The van der Waals surface area contributed by atoms with E-state index < -0.39 is 0 Å². The molecule has 0 spiro atoms. The molecule has 3 aromatic heterocycles. The highest BCUT2D eigenvalue weighted by atomic mass is 32.2. The number of thiophene rings is 1. The van der Waals surface area contributed by atoms with Crippen LogP contribution >= 0.6 is 23.1 Å². The van der Waals surface area contributed by atoms with Gasteiger partial charge in [0.05, 0.1) is 10.6 Å².